The van der Waals surface area contributed by atoms with E-state index in [2.05, 4.69) is 9.71 Å². The standard InChI is InChI=1S/C19H21N5O3S/c20-19(21)17-6-4-15(5-7-17)8-11-27-18-3-1-2-16(12-18)13-23-28(25,26)24-10-9-22-14-24/h1-7,9-10,12,14,23H,8,11,13H2,(H3,20,21). The Labute approximate surface area is 163 Å². The molecule has 8 nitrogen and oxygen atoms in total. The molecule has 0 unspecified atom stereocenters. The summed E-state index contributed by atoms with van der Waals surface area (Å²) in [5, 5.41) is 7.40. The summed E-state index contributed by atoms with van der Waals surface area (Å²) in [5.74, 6) is 0.711. The number of nitrogens with one attached hydrogen (secondary N) is 2. The monoisotopic (exact) mass is 399 g/mol. The van der Waals surface area contributed by atoms with Gasteiger partial charge in [0.2, 0.25) is 0 Å². The van der Waals surface area contributed by atoms with Crippen molar-refractivity contribution in [1.82, 2.24) is 13.7 Å². The van der Waals surface area contributed by atoms with E-state index in [0.717, 1.165) is 15.1 Å². The summed E-state index contributed by atoms with van der Waals surface area (Å²) in [6, 6.07) is 14.7. The van der Waals surface area contributed by atoms with Gasteiger partial charge in [-0.1, -0.05) is 36.4 Å². The van der Waals surface area contributed by atoms with Crippen molar-refractivity contribution >= 4 is 16.0 Å². The molecule has 0 aliphatic carbocycles. The number of nitrogens with two attached hydrogens (primary N) is 1. The molecule has 0 atom stereocenters. The van der Waals surface area contributed by atoms with E-state index in [0.29, 0.717) is 24.3 Å². The van der Waals surface area contributed by atoms with Crippen LogP contribution in [0.3, 0.4) is 0 Å². The Kier molecular flexibility index (Phi) is 6.07. The second-order valence-corrected chi connectivity index (χ2v) is 7.74. The van der Waals surface area contributed by atoms with E-state index in [9.17, 15) is 8.42 Å². The van der Waals surface area contributed by atoms with Gasteiger partial charge in [0, 0.05) is 30.9 Å². The largest absolute Gasteiger partial charge is 0.493 e. The number of nitrogens with zero attached hydrogens (tertiary/aromatic N) is 2. The number of nitrogen functional groups attached to an aromatic ring is 1. The van der Waals surface area contributed by atoms with Gasteiger partial charge in [-0.3, -0.25) is 5.41 Å². The SMILES string of the molecule is N=C(N)c1ccc(CCOc2cccc(CNS(=O)(=O)n3ccnc3)c2)cc1. The van der Waals surface area contributed by atoms with E-state index in [1.54, 1.807) is 6.07 Å². The first-order valence-corrected chi connectivity index (χ1v) is 10.0. The van der Waals surface area contributed by atoms with Crippen LogP contribution in [-0.2, 0) is 23.2 Å². The summed E-state index contributed by atoms with van der Waals surface area (Å²) in [7, 11) is -3.65. The molecular weight excluding hydrogens is 378 g/mol. The highest BCUT2D eigenvalue weighted by atomic mass is 32.2. The fourth-order valence-electron chi connectivity index (χ4n) is 2.52. The first-order chi connectivity index (χ1) is 13.4. The minimum absolute atomic E-state index is 0.0447. The summed E-state index contributed by atoms with van der Waals surface area (Å²) in [4.78, 5) is 3.74. The van der Waals surface area contributed by atoms with Crippen molar-refractivity contribution in [3.8, 4) is 5.75 Å². The molecule has 28 heavy (non-hydrogen) atoms. The summed E-state index contributed by atoms with van der Waals surface area (Å²) >= 11 is 0. The molecule has 146 valence electrons. The van der Waals surface area contributed by atoms with Crippen molar-refractivity contribution in [3.63, 3.8) is 0 Å². The molecule has 9 heteroatoms. The molecule has 0 spiro atoms. The van der Waals surface area contributed by atoms with Crippen LogP contribution in [0.25, 0.3) is 0 Å². The molecule has 0 fully saturated rings. The maximum absolute atomic E-state index is 12.1. The summed E-state index contributed by atoms with van der Waals surface area (Å²) in [5.41, 5.74) is 8.00. The third kappa shape index (κ3) is 5.18. The third-order valence-corrected chi connectivity index (χ3v) is 5.32. The molecule has 4 N–H and O–H groups in total. The summed E-state index contributed by atoms with van der Waals surface area (Å²) in [6.07, 6.45) is 4.70. The van der Waals surface area contributed by atoms with Crippen LogP contribution in [0.1, 0.15) is 16.7 Å². The maximum atomic E-state index is 12.1. The van der Waals surface area contributed by atoms with E-state index < -0.39 is 10.2 Å². The van der Waals surface area contributed by atoms with Crippen LogP contribution in [0.5, 0.6) is 5.75 Å². The molecule has 0 aliphatic rings. The van der Waals surface area contributed by atoms with Gasteiger partial charge < -0.3 is 10.5 Å². The maximum Gasteiger partial charge on any atom is 0.306 e. The van der Waals surface area contributed by atoms with Gasteiger partial charge in [0.1, 0.15) is 17.9 Å². The predicted octanol–water partition coefficient (Wildman–Crippen LogP) is 1.67. The van der Waals surface area contributed by atoms with Gasteiger partial charge in [0.15, 0.2) is 0 Å². The Balaban J connectivity index is 1.52. The molecule has 1 heterocycles. The van der Waals surface area contributed by atoms with Gasteiger partial charge in [-0.25, -0.2) is 8.96 Å². The summed E-state index contributed by atoms with van der Waals surface area (Å²) in [6.45, 7) is 0.619. The van der Waals surface area contributed by atoms with Gasteiger partial charge >= 0.3 is 10.2 Å². The van der Waals surface area contributed by atoms with Gasteiger partial charge in [-0.15, -0.1) is 0 Å². The first-order valence-electron chi connectivity index (χ1n) is 8.57. The van der Waals surface area contributed by atoms with Crippen LogP contribution >= 0.6 is 0 Å². The zero-order valence-electron chi connectivity index (χ0n) is 15.1. The first kappa shape index (κ1) is 19.6. The van der Waals surface area contributed by atoms with Crippen molar-refractivity contribution in [2.24, 2.45) is 5.73 Å². The Morgan fingerprint density at radius 3 is 2.64 bits per heavy atom. The van der Waals surface area contributed by atoms with Crippen molar-refractivity contribution in [3.05, 3.63) is 83.9 Å². The van der Waals surface area contributed by atoms with E-state index in [4.69, 9.17) is 15.9 Å². The molecule has 0 bridgehead atoms. The number of aromatic nitrogens is 2. The Morgan fingerprint density at radius 2 is 1.96 bits per heavy atom. The molecule has 3 aromatic rings. The second-order valence-electron chi connectivity index (χ2n) is 6.08. The lowest BCUT2D eigenvalue weighted by Gasteiger charge is -2.10. The zero-order valence-corrected chi connectivity index (χ0v) is 15.9. The molecular formula is C19H21N5O3S. The Bertz CT molecular complexity index is 1030. The third-order valence-electron chi connectivity index (χ3n) is 4.04. The number of benzene rings is 2. The quantitative estimate of drug-likeness (QED) is 0.373. The highest BCUT2D eigenvalue weighted by Crippen LogP contribution is 2.14. The molecule has 0 saturated heterocycles. The van der Waals surface area contributed by atoms with Crippen LogP contribution in [0.4, 0.5) is 0 Å². The normalized spacial score (nSPS) is 11.3. The van der Waals surface area contributed by atoms with Crippen LogP contribution in [-0.4, -0.2) is 29.8 Å². The van der Waals surface area contributed by atoms with E-state index in [-0.39, 0.29) is 12.4 Å². The Morgan fingerprint density at radius 1 is 1.18 bits per heavy atom. The highest BCUT2D eigenvalue weighted by Gasteiger charge is 2.11. The predicted molar refractivity (Wildman–Crippen MR) is 106 cm³/mol. The minimum Gasteiger partial charge on any atom is -0.493 e. The van der Waals surface area contributed by atoms with E-state index >= 15 is 0 Å². The van der Waals surface area contributed by atoms with Gasteiger partial charge in [0.05, 0.1) is 6.61 Å². The van der Waals surface area contributed by atoms with Crippen molar-refractivity contribution < 1.29 is 13.2 Å². The van der Waals surface area contributed by atoms with E-state index in [1.807, 2.05) is 42.5 Å². The summed E-state index contributed by atoms with van der Waals surface area (Å²) < 4.78 is 33.5. The van der Waals surface area contributed by atoms with Crippen molar-refractivity contribution in [2.45, 2.75) is 13.0 Å². The highest BCUT2D eigenvalue weighted by molar-refractivity contribution is 7.87. The fourth-order valence-corrected chi connectivity index (χ4v) is 3.41. The van der Waals surface area contributed by atoms with Crippen LogP contribution in [0.15, 0.2) is 67.3 Å². The average Bonchev–Trinajstić information content (AvgIpc) is 3.23. The topological polar surface area (TPSA) is 123 Å². The number of amidine groups is 1. The number of hydrogen-bond acceptors (Lipinski definition) is 5. The van der Waals surface area contributed by atoms with Gasteiger partial charge in [0.25, 0.3) is 0 Å². The average molecular weight is 399 g/mol. The number of rotatable bonds is 9. The molecule has 1 aromatic heterocycles. The number of ether oxygens (including phenoxy) is 1. The molecule has 0 amide bonds. The van der Waals surface area contributed by atoms with Gasteiger partial charge in [-0.2, -0.15) is 13.1 Å². The van der Waals surface area contributed by atoms with Crippen molar-refractivity contribution in [2.75, 3.05) is 6.61 Å². The second kappa shape index (κ2) is 8.68. The lowest BCUT2D eigenvalue weighted by atomic mass is 10.1. The fraction of sp³-hybridized carbons (Fsp3) is 0.158. The van der Waals surface area contributed by atoms with E-state index in [1.165, 1.54) is 18.7 Å². The lowest BCUT2D eigenvalue weighted by molar-refractivity contribution is 0.321. The molecule has 2 aromatic carbocycles. The smallest absolute Gasteiger partial charge is 0.306 e. The molecule has 0 aliphatic heterocycles. The molecule has 0 saturated carbocycles. The number of hydrogen-bond donors (Lipinski definition) is 3. The van der Waals surface area contributed by atoms with Crippen LogP contribution in [0, 0.1) is 5.41 Å². The van der Waals surface area contributed by atoms with Crippen LogP contribution in [0.2, 0.25) is 0 Å². The van der Waals surface area contributed by atoms with Crippen LogP contribution < -0.4 is 15.2 Å². The lowest BCUT2D eigenvalue weighted by Crippen LogP contribution is -2.28. The Hall–Kier alpha value is -3.17. The number of imidazole rings is 1. The van der Waals surface area contributed by atoms with Crippen molar-refractivity contribution in [1.29, 1.82) is 5.41 Å². The minimum atomic E-state index is -3.65. The molecule has 0 radical (unpaired) electrons. The zero-order chi connectivity index (χ0) is 20.0. The van der Waals surface area contributed by atoms with Gasteiger partial charge in [-0.05, 0) is 23.3 Å². The molecule has 3 rings (SSSR count).